The highest BCUT2D eigenvalue weighted by Crippen LogP contribution is 2.30. The fraction of sp³-hybridized carbons (Fsp3) is 0.500. The molecule has 208 valence electrons. The molecule has 1 saturated carbocycles. The van der Waals surface area contributed by atoms with Gasteiger partial charge in [0.2, 0.25) is 21.8 Å². The molecular formula is C28H37Cl2N3O4S. The second kappa shape index (κ2) is 13.2. The summed E-state index contributed by atoms with van der Waals surface area (Å²) in [5.41, 5.74) is 1.86. The third-order valence-electron chi connectivity index (χ3n) is 6.98. The van der Waals surface area contributed by atoms with Crippen LogP contribution in [-0.4, -0.2) is 50.0 Å². The average Bonchev–Trinajstić information content (AvgIpc) is 2.86. The van der Waals surface area contributed by atoms with Crippen LogP contribution in [0.5, 0.6) is 0 Å². The van der Waals surface area contributed by atoms with E-state index in [1.165, 1.54) is 4.90 Å². The van der Waals surface area contributed by atoms with E-state index in [2.05, 4.69) is 5.32 Å². The Morgan fingerprint density at radius 1 is 1.03 bits per heavy atom. The van der Waals surface area contributed by atoms with Crippen LogP contribution in [0.2, 0.25) is 10.0 Å². The molecule has 0 unspecified atom stereocenters. The van der Waals surface area contributed by atoms with Crippen LogP contribution >= 0.6 is 23.2 Å². The first-order valence-corrected chi connectivity index (χ1v) is 15.6. The Labute approximate surface area is 236 Å². The maximum Gasteiger partial charge on any atom is 0.244 e. The zero-order valence-corrected chi connectivity index (χ0v) is 24.7. The molecule has 2 aromatic carbocycles. The average molecular weight is 583 g/mol. The number of para-hydroxylation sites is 1. The number of halogens is 2. The number of carbonyl (C=O) groups is 2. The number of nitrogens with one attached hydrogen (secondary N) is 1. The highest BCUT2D eigenvalue weighted by molar-refractivity contribution is 7.92. The first kappa shape index (κ1) is 30.3. The van der Waals surface area contributed by atoms with Gasteiger partial charge in [-0.3, -0.25) is 13.9 Å². The number of sulfonamides is 1. The Balaban J connectivity index is 1.94. The van der Waals surface area contributed by atoms with Crippen LogP contribution in [0.25, 0.3) is 0 Å². The number of amides is 2. The zero-order chi connectivity index (χ0) is 28.0. The van der Waals surface area contributed by atoms with Gasteiger partial charge in [0.1, 0.15) is 12.6 Å². The molecule has 0 bridgehead atoms. The van der Waals surface area contributed by atoms with E-state index in [1.54, 1.807) is 37.3 Å². The van der Waals surface area contributed by atoms with Gasteiger partial charge in [0.05, 0.1) is 11.9 Å². The summed E-state index contributed by atoms with van der Waals surface area (Å²) in [5, 5.41) is 3.90. The Kier molecular flexibility index (Phi) is 10.5. The standard InChI is InChI=1S/C28H37Cl2N3O4S/c1-19(2)24-12-8-9-13-26(24)33(38(4,36)37)18-27(34)32(17-21-14-15-22(29)16-25(21)30)20(3)28(35)31-23-10-6-5-7-11-23/h8-9,12-16,19-20,23H,5-7,10-11,17-18H2,1-4H3,(H,31,35)/t20-/m1/s1. The minimum Gasteiger partial charge on any atom is -0.352 e. The minimum absolute atomic E-state index is 0.0253. The summed E-state index contributed by atoms with van der Waals surface area (Å²) in [6.07, 6.45) is 6.16. The van der Waals surface area contributed by atoms with Crippen LogP contribution in [0.4, 0.5) is 5.69 Å². The van der Waals surface area contributed by atoms with Crippen molar-refractivity contribution in [2.75, 3.05) is 17.1 Å². The summed E-state index contributed by atoms with van der Waals surface area (Å²) in [7, 11) is -3.82. The van der Waals surface area contributed by atoms with Gasteiger partial charge < -0.3 is 10.2 Å². The molecule has 0 aliphatic heterocycles. The lowest BCUT2D eigenvalue weighted by atomic mass is 9.95. The Morgan fingerprint density at radius 3 is 2.29 bits per heavy atom. The summed E-state index contributed by atoms with van der Waals surface area (Å²) in [4.78, 5) is 28.5. The van der Waals surface area contributed by atoms with E-state index in [1.807, 2.05) is 26.0 Å². The van der Waals surface area contributed by atoms with Gasteiger partial charge in [-0.1, -0.05) is 80.6 Å². The summed E-state index contributed by atoms with van der Waals surface area (Å²) in [6, 6.07) is 11.3. The molecule has 10 heteroatoms. The summed E-state index contributed by atoms with van der Waals surface area (Å²) in [6.45, 7) is 5.17. The van der Waals surface area contributed by atoms with Crippen molar-refractivity contribution in [2.24, 2.45) is 0 Å². The molecule has 38 heavy (non-hydrogen) atoms. The number of hydrogen-bond donors (Lipinski definition) is 1. The normalized spacial score (nSPS) is 15.2. The van der Waals surface area contributed by atoms with E-state index in [9.17, 15) is 18.0 Å². The van der Waals surface area contributed by atoms with Gasteiger partial charge in [0.15, 0.2) is 0 Å². The van der Waals surface area contributed by atoms with Gasteiger partial charge in [0.25, 0.3) is 0 Å². The molecule has 0 radical (unpaired) electrons. The lowest BCUT2D eigenvalue weighted by Gasteiger charge is -2.33. The molecule has 0 spiro atoms. The minimum atomic E-state index is -3.82. The molecular weight excluding hydrogens is 545 g/mol. The molecule has 2 aromatic rings. The van der Waals surface area contributed by atoms with Gasteiger partial charge in [-0.2, -0.15) is 0 Å². The second-order valence-corrected chi connectivity index (χ2v) is 13.0. The lowest BCUT2D eigenvalue weighted by molar-refractivity contribution is -0.139. The molecule has 3 rings (SSSR count). The molecule has 1 atom stereocenters. The predicted octanol–water partition coefficient (Wildman–Crippen LogP) is 5.75. The SMILES string of the molecule is CC(C)c1ccccc1N(CC(=O)N(Cc1ccc(Cl)cc1Cl)[C@H](C)C(=O)NC1CCCCC1)S(C)(=O)=O. The van der Waals surface area contributed by atoms with E-state index in [4.69, 9.17) is 23.2 Å². The van der Waals surface area contributed by atoms with Crippen molar-refractivity contribution in [1.82, 2.24) is 10.2 Å². The number of anilines is 1. The molecule has 1 N–H and O–H groups in total. The van der Waals surface area contributed by atoms with E-state index in [-0.39, 0.29) is 24.4 Å². The molecule has 2 amide bonds. The Hall–Kier alpha value is -2.29. The van der Waals surface area contributed by atoms with Crippen molar-refractivity contribution < 1.29 is 18.0 Å². The quantitative estimate of drug-likeness (QED) is 0.387. The van der Waals surface area contributed by atoms with Crippen LogP contribution < -0.4 is 9.62 Å². The summed E-state index contributed by atoms with van der Waals surface area (Å²) < 4.78 is 27.0. The monoisotopic (exact) mass is 581 g/mol. The van der Waals surface area contributed by atoms with E-state index >= 15 is 0 Å². The lowest BCUT2D eigenvalue weighted by Crippen LogP contribution is -2.53. The van der Waals surface area contributed by atoms with Crippen LogP contribution in [0.3, 0.4) is 0 Å². The van der Waals surface area contributed by atoms with Gasteiger partial charge in [-0.05, 0) is 55.0 Å². The maximum atomic E-state index is 13.8. The molecule has 1 fully saturated rings. The first-order valence-electron chi connectivity index (χ1n) is 13.0. The van der Waals surface area contributed by atoms with Crippen LogP contribution in [0.15, 0.2) is 42.5 Å². The van der Waals surface area contributed by atoms with Gasteiger partial charge in [0, 0.05) is 22.6 Å². The summed E-state index contributed by atoms with van der Waals surface area (Å²) >= 11 is 12.5. The fourth-order valence-corrected chi connectivity index (χ4v) is 6.12. The zero-order valence-electron chi connectivity index (χ0n) is 22.4. The van der Waals surface area contributed by atoms with E-state index < -0.39 is 28.5 Å². The van der Waals surface area contributed by atoms with Gasteiger partial charge in [-0.25, -0.2) is 8.42 Å². The largest absolute Gasteiger partial charge is 0.352 e. The Morgan fingerprint density at radius 2 is 1.68 bits per heavy atom. The first-order chi connectivity index (χ1) is 17.9. The molecule has 1 aliphatic rings. The molecule has 0 heterocycles. The third-order valence-corrected chi connectivity index (χ3v) is 8.69. The van der Waals surface area contributed by atoms with Crippen molar-refractivity contribution in [2.45, 2.75) is 77.4 Å². The van der Waals surface area contributed by atoms with Crippen LogP contribution in [0.1, 0.15) is 69.9 Å². The van der Waals surface area contributed by atoms with Crippen molar-refractivity contribution in [3.05, 3.63) is 63.6 Å². The number of benzene rings is 2. The second-order valence-electron chi connectivity index (χ2n) is 10.3. The highest BCUT2D eigenvalue weighted by Gasteiger charge is 2.32. The van der Waals surface area contributed by atoms with E-state index in [0.717, 1.165) is 48.2 Å². The van der Waals surface area contributed by atoms with Crippen molar-refractivity contribution >= 4 is 50.7 Å². The van der Waals surface area contributed by atoms with Gasteiger partial charge in [-0.15, -0.1) is 0 Å². The highest BCUT2D eigenvalue weighted by atomic mass is 35.5. The molecule has 7 nitrogen and oxygen atoms in total. The Bertz CT molecular complexity index is 1250. The number of hydrogen-bond acceptors (Lipinski definition) is 4. The number of nitrogens with zero attached hydrogens (tertiary/aromatic N) is 2. The molecule has 0 saturated heterocycles. The fourth-order valence-electron chi connectivity index (χ4n) is 4.78. The third kappa shape index (κ3) is 7.87. The van der Waals surface area contributed by atoms with Crippen molar-refractivity contribution in [3.63, 3.8) is 0 Å². The van der Waals surface area contributed by atoms with Gasteiger partial charge >= 0.3 is 0 Å². The van der Waals surface area contributed by atoms with E-state index in [0.29, 0.717) is 21.3 Å². The summed E-state index contributed by atoms with van der Waals surface area (Å²) in [5.74, 6) is -0.746. The number of rotatable bonds is 10. The van der Waals surface area contributed by atoms with Crippen molar-refractivity contribution in [3.8, 4) is 0 Å². The predicted molar refractivity (Wildman–Crippen MR) is 154 cm³/mol. The number of carbonyl (C=O) groups excluding carboxylic acids is 2. The van der Waals surface area contributed by atoms with Crippen molar-refractivity contribution in [1.29, 1.82) is 0 Å². The van der Waals surface area contributed by atoms with Crippen LogP contribution in [-0.2, 0) is 26.2 Å². The van der Waals surface area contributed by atoms with Crippen LogP contribution in [0, 0.1) is 0 Å². The molecule has 1 aliphatic carbocycles. The topological polar surface area (TPSA) is 86.8 Å². The molecule has 0 aromatic heterocycles. The smallest absolute Gasteiger partial charge is 0.244 e. The maximum absolute atomic E-state index is 13.8.